The highest BCUT2D eigenvalue weighted by molar-refractivity contribution is 8.09. The van der Waals surface area contributed by atoms with Crippen molar-refractivity contribution in [2.45, 2.75) is 11.7 Å². The van der Waals surface area contributed by atoms with Crippen LogP contribution < -0.4 is 0 Å². The fraction of sp³-hybridized carbons (Fsp3) is 0.167. The van der Waals surface area contributed by atoms with E-state index in [9.17, 15) is 0 Å². The van der Waals surface area contributed by atoms with Gasteiger partial charge in [0.1, 0.15) is 0 Å². The van der Waals surface area contributed by atoms with E-state index >= 15 is 0 Å². The molecule has 15 heavy (non-hydrogen) atoms. The predicted octanol–water partition coefficient (Wildman–Crippen LogP) is 5.03. The van der Waals surface area contributed by atoms with E-state index in [0.29, 0.717) is 5.25 Å². The van der Waals surface area contributed by atoms with Crippen LogP contribution in [0.4, 0.5) is 0 Å². The summed E-state index contributed by atoms with van der Waals surface area (Å²) in [6.07, 6.45) is 3.55. The summed E-state index contributed by atoms with van der Waals surface area (Å²) in [5.74, 6) is 0. The summed E-state index contributed by atoms with van der Waals surface area (Å²) in [6, 6.07) is 8.72. The van der Waals surface area contributed by atoms with Crippen LogP contribution in [0.5, 0.6) is 0 Å². The highest BCUT2D eigenvalue weighted by atomic mass is 32.2. The van der Waals surface area contributed by atoms with Gasteiger partial charge in [-0.3, -0.25) is 0 Å². The Morgan fingerprint density at radius 1 is 1.07 bits per heavy atom. The Hall–Kier alpha value is -0.510. The fourth-order valence-corrected chi connectivity index (χ4v) is 4.74. The third kappa shape index (κ3) is 1.92. The molecule has 0 amide bonds. The lowest BCUT2D eigenvalue weighted by atomic mass is 10.2. The number of hydrogen-bond donors (Lipinski definition) is 0. The van der Waals surface area contributed by atoms with Gasteiger partial charge in [0, 0.05) is 19.9 Å². The van der Waals surface area contributed by atoms with Gasteiger partial charge >= 0.3 is 0 Å². The smallest absolute Gasteiger partial charge is 0.0473 e. The molecule has 0 nitrogen and oxygen atoms in total. The lowest BCUT2D eigenvalue weighted by Gasteiger charge is -2.06. The molecule has 1 unspecified atom stereocenters. The first kappa shape index (κ1) is 9.70. The van der Waals surface area contributed by atoms with Crippen molar-refractivity contribution in [3.05, 3.63) is 50.9 Å². The third-order valence-electron chi connectivity index (χ3n) is 2.41. The van der Waals surface area contributed by atoms with Crippen LogP contribution in [-0.4, -0.2) is 0 Å². The Labute approximate surface area is 102 Å². The minimum absolute atomic E-state index is 0.655. The molecule has 0 saturated carbocycles. The zero-order chi connectivity index (χ0) is 10.1. The predicted molar refractivity (Wildman–Crippen MR) is 71.6 cm³/mol. The second kappa shape index (κ2) is 4.16. The maximum absolute atomic E-state index is 2.38. The van der Waals surface area contributed by atoms with Crippen LogP contribution in [0.25, 0.3) is 4.91 Å². The van der Waals surface area contributed by atoms with Gasteiger partial charge in [-0.05, 0) is 29.3 Å². The highest BCUT2D eigenvalue weighted by Gasteiger charge is 2.21. The SMILES string of the molecule is C1=C(c2cccs2)SC(c2cccs2)C1. The fourth-order valence-electron chi connectivity index (χ4n) is 1.69. The van der Waals surface area contributed by atoms with Crippen LogP contribution >= 0.6 is 34.4 Å². The van der Waals surface area contributed by atoms with Gasteiger partial charge in [-0.15, -0.1) is 34.4 Å². The van der Waals surface area contributed by atoms with Crippen LogP contribution in [0, 0.1) is 0 Å². The second-order valence-electron chi connectivity index (χ2n) is 3.40. The molecule has 0 fully saturated rings. The summed E-state index contributed by atoms with van der Waals surface area (Å²) >= 11 is 5.71. The van der Waals surface area contributed by atoms with Crippen molar-refractivity contribution in [3.8, 4) is 0 Å². The molecule has 0 saturated heterocycles. The topological polar surface area (TPSA) is 0 Å². The van der Waals surface area contributed by atoms with Crippen LogP contribution in [0.2, 0.25) is 0 Å². The average Bonchev–Trinajstić information content (AvgIpc) is 3.02. The van der Waals surface area contributed by atoms with Crippen molar-refractivity contribution in [2.75, 3.05) is 0 Å². The van der Waals surface area contributed by atoms with Gasteiger partial charge in [0.2, 0.25) is 0 Å². The molecule has 2 aromatic heterocycles. The molecule has 1 aliphatic heterocycles. The standard InChI is InChI=1S/C12H10S3/c1-3-9(13-7-1)11-5-6-12(15-11)10-4-2-8-14-10/h1-5,7-8,12H,6H2. The molecular formula is C12H10S3. The van der Waals surface area contributed by atoms with Gasteiger partial charge in [0.15, 0.2) is 0 Å². The molecule has 0 spiro atoms. The first-order valence-corrected chi connectivity index (χ1v) is 7.51. The summed E-state index contributed by atoms with van der Waals surface area (Å²) in [7, 11) is 0. The summed E-state index contributed by atoms with van der Waals surface area (Å²) in [4.78, 5) is 4.38. The molecule has 0 N–H and O–H groups in total. The van der Waals surface area contributed by atoms with E-state index in [0.717, 1.165) is 0 Å². The van der Waals surface area contributed by atoms with Crippen molar-refractivity contribution < 1.29 is 0 Å². The van der Waals surface area contributed by atoms with Gasteiger partial charge in [0.25, 0.3) is 0 Å². The van der Waals surface area contributed by atoms with Crippen LogP contribution in [0.1, 0.15) is 21.4 Å². The van der Waals surface area contributed by atoms with Crippen molar-refractivity contribution >= 4 is 39.3 Å². The molecule has 3 heterocycles. The first-order valence-electron chi connectivity index (χ1n) is 4.87. The minimum atomic E-state index is 0.655. The minimum Gasteiger partial charge on any atom is -0.148 e. The van der Waals surface area contributed by atoms with E-state index in [1.807, 2.05) is 34.4 Å². The second-order valence-corrected chi connectivity index (χ2v) is 6.57. The van der Waals surface area contributed by atoms with Gasteiger partial charge < -0.3 is 0 Å². The lowest BCUT2D eigenvalue weighted by molar-refractivity contribution is 1.02. The Kier molecular flexibility index (Phi) is 2.69. The largest absolute Gasteiger partial charge is 0.148 e. The van der Waals surface area contributed by atoms with Crippen LogP contribution in [0.3, 0.4) is 0 Å². The van der Waals surface area contributed by atoms with E-state index in [4.69, 9.17) is 0 Å². The summed E-state index contributed by atoms with van der Waals surface area (Å²) in [5.41, 5.74) is 0. The Balaban J connectivity index is 1.78. The first-order chi connectivity index (χ1) is 7.43. The molecular weight excluding hydrogens is 240 g/mol. The normalized spacial score (nSPS) is 20.5. The van der Waals surface area contributed by atoms with E-state index in [1.165, 1.54) is 21.1 Å². The molecule has 0 bridgehead atoms. The highest BCUT2D eigenvalue weighted by Crippen LogP contribution is 2.49. The quantitative estimate of drug-likeness (QED) is 0.720. The Morgan fingerprint density at radius 2 is 1.93 bits per heavy atom. The molecule has 0 aromatic carbocycles. The van der Waals surface area contributed by atoms with Gasteiger partial charge in [-0.1, -0.05) is 18.2 Å². The number of thiophene rings is 2. The molecule has 0 aliphatic carbocycles. The molecule has 3 rings (SSSR count). The molecule has 3 heteroatoms. The number of rotatable bonds is 2. The number of thioether (sulfide) groups is 1. The van der Waals surface area contributed by atoms with Crippen molar-refractivity contribution in [3.63, 3.8) is 0 Å². The molecule has 1 aliphatic rings. The number of allylic oxidation sites excluding steroid dienone is 1. The van der Waals surface area contributed by atoms with Gasteiger partial charge in [0.05, 0.1) is 0 Å². The third-order valence-corrected chi connectivity index (χ3v) is 5.95. The van der Waals surface area contributed by atoms with Crippen LogP contribution in [-0.2, 0) is 0 Å². The Morgan fingerprint density at radius 3 is 2.67 bits per heavy atom. The molecule has 2 aromatic rings. The molecule has 76 valence electrons. The summed E-state index contributed by atoms with van der Waals surface area (Å²) in [6.45, 7) is 0. The number of hydrogen-bond acceptors (Lipinski definition) is 3. The van der Waals surface area contributed by atoms with Crippen molar-refractivity contribution in [1.29, 1.82) is 0 Å². The van der Waals surface area contributed by atoms with E-state index in [2.05, 4.69) is 41.1 Å². The maximum Gasteiger partial charge on any atom is 0.0473 e. The monoisotopic (exact) mass is 250 g/mol. The zero-order valence-electron chi connectivity index (χ0n) is 8.05. The van der Waals surface area contributed by atoms with E-state index in [-0.39, 0.29) is 0 Å². The van der Waals surface area contributed by atoms with E-state index in [1.54, 1.807) is 0 Å². The van der Waals surface area contributed by atoms with E-state index < -0.39 is 0 Å². The van der Waals surface area contributed by atoms with Gasteiger partial charge in [-0.2, -0.15) is 0 Å². The molecule has 0 radical (unpaired) electrons. The van der Waals surface area contributed by atoms with Crippen molar-refractivity contribution in [1.82, 2.24) is 0 Å². The maximum atomic E-state index is 2.38. The summed E-state index contributed by atoms with van der Waals surface area (Å²) < 4.78 is 0. The van der Waals surface area contributed by atoms with Crippen molar-refractivity contribution in [2.24, 2.45) is 0 Å². The molecule has 1 atom stereocenters. The average molecular weight is 250 g/mol. The zero-order valence-corrected chi connectivity index (χ0v) is 10.5. The Bertz CT molecular complexity index is 451. The van der Waals surface area contributed by atoms with Crippen LogP contribution in [0.15, 0.2) is 41.1 Å². The summed E-state index contributed by atoms with van der Waals surface area (Å²) in [5, 5.41) is 4.97. The lowest BCUT2D eigenvalue weighted by Crippen LogP contribution is -1.81. The van der Waals surface area contributed by atoms with Gasteiger partial charge in [-0.25, -0.2) is 0 Å².